The second kappa shape index (κ2) is 8.19. The van der Waals surface area contributed by atoms with Gasteiger partial charge >= 0.3 is 6.03 Å². The van der Waals surface area contributed by atoms with Crippen molar-refractivity contribution >= 4 is 11.7 Å². The molecule has 1 spiro atoms. The maximum atomic E-state index is 12.5. The molecule has 0 aromatic heterocycles. The summed E-state index contributed by atoms with van der Waals surface area (Å²) in [4.78, 5) is 12.5. The molecule has 1 aromatic rings. The number of rotatable bonds is 5. The molecule has 1 aliphatic heterocycles. The molecule has 1 aromatic carbocycles. The van der Waals surface area contributed by atoms with Gasteiger partial charge in [0.05, 0.1) is 12.7 Å². The lowest BCUT2D eigenvalue weighted by atomic mass is 9.75. The Morgan fingerprint density at radius 2 is 2.12 bits per heavy atom. The number of urea groups is 1. The van der Waals surface area contributed by atoms with E-state index >= 15 is 0 Å². The fourth-order valence-electron chi connectivity index (χ4n) is 4.07. The first-order valence-corrected chi connectivity index (χ1v) is 9.43. The highest BCUT2D eigenvalue weighted by Crippen LogP contribution is 2.45. The quantitative estimate of drug-likeness (QED) is 0.844. The Hall–Kier alpha value is -1.59. The van der Waals surface area contributed by atoms with Gasteiger partial charge in [-0.05, 0) is 62.6 Å². The van der Waals surface area contributed by atoms with Gasteiger partial charge in [-0.2, -0.15) is 0 Å². The number of hydrogen-bond donors (Lipinski definition) is 2. The molecule has 5 heteroatoms. The maximum absolute atomic E-state index is 12.5. The molecule has 1 saturated heterocycles. The molecule has 1 saturated carbocycles. The van der Waals surface area contributed by atoms with Crippen LogP contribution < -0.4 is 10.6 Å². The van der Waals surface area contributed by atoms with E-state index in [-0.39, 0.29) is 23.6 Å². The minimum atomic E-state index is -0.111. The van der Waals surface area contributed by atoms with Gasteiger partial charge in [-0.25, -0.2) is 4.79 Å². The number of carbonyl (C=O) groups excluding carboxylic acids is 1. The van der Waals surface area contributed by atoms with E-state index in [4.69, 9.17) is 9.47 Å². The van der Waals surface area contributed by atoms with E-state index in [9.17, 15) is 4.79 Å². The van der Waals surface area contributed by atoms with Crippen LogP contribution in [0.25, 0.3) is 0 Å². The van der Waals surface area contributed by atoms with E-state index in [1.807, 2.05) is 38.1 Å². The summed E-state index contributed by atoms with van der Waals surface area (Å²) < 4.78 is 11.1. The molecule has 1 atom stereocenters. The molecule has 0 radical (unpaired) electrons. The van der Waals surface area contributed by atoms with Crippen LogP contribution in [0.2, 0.25) is 0 Å². The summed E-state index contributed by atoms with van der Waals surface area (Å²) in [5, 5.41) is 6.20. The smallest absolute Gasteiger partial charge is 0.319 e. The van der Waals surface area contributed by atoms with Gasteiger partial charge in [-0.3, -0.25) is 0 Å². The molecule has 138 valence electrons. The predicted octanol–water partition coefficient (Wildman–Crippen LogP) is 4.08. The molecule has 3 rings (SSSR count). The van der Waals surface area contributed by atoms with Crippen LogP contribution in [-0.4, -0.2) is 31.4 Å². The van der Waals surface area contributed by atoms with Crippen molar-refractivity contribution in [3.05, 3.63) is 29.8 Å². The van der Waals surface area contributed by atoms with Crippen molar-refractivity contribution in [3.63, 3.8) is 0 Å². The van der Waals surface area contributed by atoms with Gasteiger partial charge < -0.3 is 20.1 Å². The van der Waals surface area contributed by atoms with Crippen molar-refractivity contribution < 1.29 is 14.3 Å². The number of amides is 2. The van der Waals surface area contributed by atoms with Crippen LogP contribution in [0.15, 0.2) is 24.3 Å². The molecule has 2 N–H and O–H groups in total. The Balaban J connectivity index is 1.56. The van der Waals surface area contributed by atoms with Crippen LogP contribution in [0.1, 0.15) is 51.5 Å². The second-order valence-corrected chi connectivity index (χ2v) is 7.58. The highest BCUT2D eigenvalue weighted by Gasteiger charge is 2.44. The number of ether oxygens (including phenoxy) is 2. The van der Waals surface area contributed by atoms with Gasteiger partial charge in [-0.1, -0.05) is 18.6 Å². The summed E-state index contributed by atoms with van der Waals surface area (Å²) in [6.45, 7) is 6.22. The third-order valence-corrected chi connectivity index (χ3v) is 5.47. The Morgan fingerprint density at radius 1 is 1.32 bits per heavy atom. The predicted molar refractivity (Wildman–Crippen MR) is 98.6 cm³/mol. The first-order valence-electron chi connectivity index (χ1n) is 9.43. The lowest BCUT2D eigenvalue weighted by Crippen LogP contribution is -2.48. The van der Waals surface area contributed by atoms with Crippen LogP contribution in [0.4, 0.5) is 10.5 Å². The van der Waals surface area contributed by atoms with Crippen LogP contribution in [0.5, 0.6) is 0 Å². The van der Waals surface area contributed by atoms with E-state index in [0.29, 0.717) is 6.61 Å². The monoisotopic (exact) mass is 346 g/mol. The summed E-state index contributed by atoms with van der Waals surface area (Å²) in [6, 6.07) is 7.99. The standard InChI is InChI=1S/C20H30N2O3/c1-15(2)25-14-16-5-3-6-17(13-16)21-19(23)22-18-7-4-8-20(18)9-11-24-12-10-20/h3,5-6,13,15,18H,4,7-12,14H2,1-2H3,(H2,21,22,23). The number of carbonyl (C=O) groups is 1. The molecular formula is C20H30N2O3. The molecule has 2 fully saturated rings. The van der Waals surface area contributed by atoms with Crippen molar-refractivity contribution in [2.45, 2.75) is 64.7 Å². The van der Waals surface area contributed by atoms with E-state index in [2.05, 4.69) is 10.6 Å². The number of nitrogens with one attached hydrogen (secondary N) is 2. The van der Waals surface area contributed by atoms with Gasteiger partial charge in [0, 0.05) is 24.9 Å². The Morgan fingerprint density at radius 3 is 2.88 bits per heavy atom. The number of benzene rings is 1. The minimum absolute atomic E-state index is 0.111. The van der Waals surface area contributed by atoms with Gasteiger partial charge in [0.2, 0.25) is 0 Å². The van der Waals surface area contributed by atoms with E-state index in [1.54, 1.807) is 0 Å². The Bertz CT molecular complexity index is 582. The molecule has 1 heterocycles. The zero-order valence-corrected chi connectivity index (χ0v) is 15.3. The van der Waals surface area contributed by atoms with Crippen LogP contribution in [-0.2, 0) is 16.1 Å². The Labute approximate surface area is 150 Å². The van der Waals surface area contributed by atoms with Gasteiger partial charge in [-0.15, -0.1) is 0 Å². The highest BCUT2D eigenvalue weighted by atomic mass is 16.5. The zero-order chi connectivity index (χ0) is 17.7. The average Bonchev–Trinajstić information content (AvgIpc) is 2.95. The van der Waals surface area contributed by atoms with Gasteiger partial charge in [0.25, 0.3) is 0 Å². The van der Waals surface area contributed by atoms with Crippen LogP contribution >= 0.6 is 0 Å². The zero-order valence-electron chi connectivity index (χ0n) is 15.3. The summed E-state index contributed by atoms with van der Waals surface area (Å²) in [6.07, 6.45) is 5.75. The second-order valence-electron chi connectivity index (χ2n) is 7.58. The van der Waals surface area contributed by atoms with Crippen LogP contribution in [0, 0.1) is 5.41 Å². The summed E-state index contributed by atoms with van der Waals surface area (Å²) in [5.41, 5.74) is 2.11. The minimum Gasteiger partial charge on any atom is -0.381 e. The lowest BCUT2D eigenvalue weighted by Gasteiger charge is -2.39. The summed E-state index contributed by atoms with van der Waals surface area (Å²) in [7, 11) is 0. The topological polar surface area (TPSA) is 59.6 Å². The molecule has 2 amide bonds. The maximum Gasteiger partial charge on any atom is 0.319 e. The summed E-state index contributed by atoms with van der Waals surface area (Å²) >= 11 is 0. The largest absolute Gasteiger partial charge is 0.381 e. The normalized spacial score (nSPS) is 22.3. The van der Waals surface area contributed by atoms with Crippen molar-refractivity contribution in [1.82, 2.24) is 5.32 Å². The van der Waals surface area contributed by atoms with Gasteiger partial charge in [0.1, 0.15) is 0 Å². The van der Waals surface area contributed by atoms with Crippen LogP contribution in [0.3, 0.4) is 0 Å². The third kappa shape index (κ3) is 4.73. The van der Waals surface area contributed by atoms with Crippen molar-refractivity contribution in [3.8, 4) is 0 Å². The molecular weight excluding hydrogens is 316 g/mol. The van der Waals surface area contributed by atoms with Crippen molar-refractivity contribution in [2.75, 3.05) is 18.5 Å². The molecule has 25 heavy (non-hydrogen) atoms. The third-order valence-electron chi connectivity index (χ3n) is 5.47. The highest BCUT2D eigenvalue weighted by molar-refractivity contribution is 5.89. The van der Waals surface area contributed by atoms with E-state index in [1.165, 1.54) is 12.8 Å². The van der Waals surface area contributed by atoms with E-state index in [0.717, 1.165) is 43.7 Å². The average molecular weight is 346 g/mol. The summed E-state index contributed by atoms with van der Waals surface area (Å²) in [5.74, 6) is 0. The SMILES string of the molecule is CC(C)OCc1cccc(NC(=O)NC2CCCC23CCOCC3)c1. The molecule has 1 unspecified atom stereocenters. The number of anilines is 1. The lowest BCUT2D eigenvalue weighted by molar-refractivity contribution is 0.00652. The first kappa shape index (κ1) is 18.2. The molecule has 2 aliphatic rings. The fourth-order valence-corrected chi connectivity index (χ4v) is 4.07. The molecule has 5 nitrogen and oxygen atoms in total. The van der Waals surface area contributed by atoms with E-state index < -0.39 is 0 Å². The van der Waals surface area contributed by atoms with Crippen molar-refractivity contribution in [2.24, 2.45) is 5.41 Å². The Kier molecular flexibility index (Phi) is 5.97. The molecule has 0 bridgehead atoms. The van der Waals surface area contributed by atoms with Crippen molar-refractivity contribution in [1.29, 1.82) is 0 Å². The number of hydrogen-bond acceptors (Lipinski definition) is 3. The fraction of sp³-hybridized carbons (Fsp3) is 0.650. The first-order chi connectivity index (χ1) is 12.1. The van der Waals surface area contributed by atoms with Gasteiger partial charge in [0.15, 0.2) is 0 Å². The molecule has 1 aliphatic carbocycles.